The molecular weight excluding hydrogens is 283 g/mol. The first kappa shape index (κ1) is 15.6. The van der Waals surface area contributed by atoms with Gasteiger partial charge in [-0.3, -0.25) is 0 Å². The largest absolute Gasteiger partial charge is 0.416 e. The second kappa shape index (κ2) is 6.80. The van der Waals surface area contributed by atoms with Crippen molar-refractivity contribution in [3.05, 3.63) is 29.8 Å². The molecule has 0 saturated carbocycles. The molecule has 3 N–H and O–H groups in total. The number of halogens is 3. The molecule has 0 radical (unpaired) electrons. The number of carbonyl (C=O) groups is 1. The summed E-state index contributed by atoms with van der Waals surface area (Å²) in [6.45, 7) is 1.49. The number of rotatable bonds is 4. The van der Waals surface area contributed by atoms with Crippen LogP contribution in [0.4, 0.5) is 23.7 Å². The van der Waals surface area contributed by atoms with Gasteiger partial charge in [0, 0.05) is 18.3 Å². The lowest BCUT2D eigenvalue weighted by atomic mass is 10.1. The van der Waals surface area contributed by atoms with Gasteiger partial charge in [0.05, 0.1) is 5.56 Å². The Morgan fingerprint density at radius 1 is 1.38 bits per heavy atom. The number of hydrogen-bond donors (Lipinski definition) is 3. The van der Waals surface area contributed by atoms with Crippen molar-refractivity contribution in [1.29, 1.82) is 0 Å². The molecule has 0 aliphatic carbocycles. The molecule has 116 valence electrons. The SMILES string of the molecule is O=C(NCC[C@@H]1CCCN1)Nc1cccc(C(F)(F)F)c1. The van der Waals surface area contributed by atoms with Crippen molar-refractivity contribution < 1.29 is 18.0 Å². The topological polar surface area (TPSA) is 53.2 Å². The van der Waals surface area contributed by atoms with Gasteiger partial charge in [0.1, 0.15) is 0 Å². The van der Waals surface area contributed by atoms with Crippen LogP contribution in [0.5, 0.6) is 0 Å². The maximum Gasteiger partial charge on any atom is 0.416 e. The van der Waals surface area contributed by atoms with Gasteiger partial charge in [0.25, 0.3) is 0 Å². The molecule has 1 atom stereocenters. The van der Waals surface area contributed by atoms with Crippen LogP contribution < -0.4 is 16.0 Å². The van der Waals surface area contributed by atoms with E-state index >= 15 is 0 Å². The minimum absolute atomic E-state index is 0.126. The van der Waals surface area contributed by atoms with E-state index in [1.54, 1.807) is 0 Å². The molecule has 4 nitrogen and oxygen atoms in total. The lowest BCUT2D eigenvalue weighted by molar-refractivity contribution is -0.137. The number of alkyl halides is 3. The third-order valence-corrected chi connectivity index (χ3v) is 3.39. The van der Waals surface area contributed by atoms with Crippen LogP contribution in [0, 0.1) is 0 Å². The van der Waals surface area contributed by atoms with Gasteiger partial charge in [-0.15, -0.1) is 0 Å². The summed E-state index contributed by atoms with van der Waals surface area (Å²) in [4.78, 5) is 11.6. The predicted molar refractivity (Wildman–Crippen MR) is 74.1 cm³/mol. The van der Waals surface area contributed by atoms with Gasteiger partial charge in [-0.05, 0) is 44.0 Å². The standard InChI is InChI=1S/C14H18F3N3O/c15-14(16,17)10-3-1-4-12(9-10)20-13(21)19-8-6-11-5-2-7-18-11/h1,3-4,9,11,18H,2,5-8H2,(H2,19,20,21)/t11-/m0/s1. The first-order valence-corrected chi connectivity index (χ1v) is 6.90. The van der Waals surface area contributed by atoms with Crippen LogP contribution >= 0.6 is 0 Å². The number of carbonyl (C=O) groups excluding carboxylic acids is 1. The first-order chi connectivity index (χ1) is 9.95. The van der Waals surface area contributed by atoms with Gasteiger partial charge >= 0.3 is 12.2 Å². The summed E-state index contributed by atoms with van der Waals surface area (Å²) in [5, 5.41) is 8.36. The maximum absolute atomic E-state index is 12.5. The zero-order chi connectivity index (χ0) is 15.3. The summed E-state index contributed by atoms with van der Waals surface area (Å²) in [6, 6.07) is 4.49. The van der Waals surface area contributed by atoms with E-state index in [4.69, 9.17) is 0 Å². The highest BCUT2D eigenvalue weighted by Gasteiger charge is 2.30. The Labute approximate surface area is 121 Å². The minimum Gasteiger partial charge on any atom is -0.338 e. The van der Waals surface area contributed by atoms with Gasteiger partial charge < -0.3 is 16.0 Å². The number of amides is 2. The van der Waals surface area contributed by atoms with E-state index < -0.39 is 17.8 Å². The number of nitrogens with one attached hydrogen (secondary N) is 3. The molecule has 0 aromatic heterocycles. The van der Waals surface area contributed by atoms with E-state index in [0.29, 0.717) is 12.6 Å². The molecule has 1 aliphatic rings. The van der Waals surface area contributed by atoms with Gasteiger partial charge in [0.15, 0.2) is 0 Å². The van der Waals surface area contributed by atoms with Crippen molar-refractivity contribution in [2.45, 2.75) is 31.5 Å². The smallest absolute Gasteiger partial charge is 0.338 e. The molecule has 2 amide bonds. The molecule has 0 spiro atoms. The zero-order valence-electron chi connectivity index (χ0n) is 11.5. The Balaban J connectivity index is 1.79. The number of anilines is 1. The Bertz CT molecular complexity index is 485. The van der Waals surface area contributed by atoms with Crippen molar-refractivity contribution in [2.24, 2.45) is 0 Å². The van der Waals surface area contributed by atoms with Gasteiger partial charge in [-0.25, -0.2) is 4.79 Å². The normalized spacial score (nSPS) is 18.5. The maximum atomic E-state index is 12.5. The van der Waals surface area contributed by atoms with E-state index in [9.17, 15) is 18.0 Å². The summed E-state index contributed by atoms with van der Waals surface area (Å²) in [6.07, 6.45) is -1.36. The average molecular weight is 301 g/mol. The van der Waals surface area contributed by atoms with Crippen molar-refractivity contribution in [2.75, 3.05) is 18.4 Å². The fourth-order valence-corrected chi connectivity index (χ4v) is 2.31. The van der Waals surface area contributed by atoms with Crippen molar-refractivity contribution in [3.63, 3.8) is 0 Å². The molecule has 2 rings (SSSR count). The average Bonchev–Trinajstić information content (AvgIpc) is 2.91. The van der Waals surface area contributed by atoms with E-state index in [-0.39, 0.29) is 5.69 Å². The Morgan fingerprint density at radius 3 is 2.86 bits per heavy atom. The van der Waals surface area contributed by atoms with Crippen LogP contribution in [-0.2, 0) is 6.18 Å². The summed E-state index contributed by atoms with van der Waals surface area (Å²) < 4.78 is 37.6. The van der Waals surface area contributed by atoms with E-state index in [0.717, 1.165) is 37.9 Å². The summed E-state index contributed by atoms with van der Waals surface area (Å²) in [5.74, 6) is 0. The van der Waals surface area contributed by atoms with Gasteiger partial charge in [0.2, 0.25) is 0 Å². The molecule has 1 heterocycles. The lowest BCUT2D eigenvalue weighted by Gasteiger charge is -2.12. The van der Waals surface area contributed by atoms with Gasteiger partial charge in [-0.1, -0.05) is 6.07 Å². The van der Waals surface area contributed by atoms with E-state index in [1.807, 2.05) is 0 Å². The molecule has 1 fully saturated rings. The number of hydrogen-bond acceptors (Lipinski definition) is 2. The molecule has 7 heteroatoms. The van der Waals surface area contributed by atoms with E-state index in [2.05, 4.69) is 16.0 Å². The first-order valence-electron chi connectivity index (χ1n) is 6.90. The van der Waals surface area contributed by atoms with Crippen molar-refractivity contribution in [3.8, 4) is 0 Å². The quantitative estimate of drug-likeness (QED) is 0.801. The van der Waals surface area contributed by atoms with Crippen LogP contribution in [0.25, 0.3) is 0 Å². The minimum atomic E-state index is -4.41. The Kier molecular flexibility index (Phi) is 5.06. The Hall–Kier alpha value is -1.76. The van der Waals surface area contributed by atoms with Crippen molar-refractivity contribution in [1.82, 2.24) is 10.6 Å². The highest BCUT2D eigenvalue weighted by atomic mass is 19.4. The summed E-state index contributed by atoms with van der Waals surface area (Å²) in [7, 11) is 0. The van der Waals surface area contributed by atoms with Gasteiger partial charge in [-0.2, -0.15) is 13.2 Å². The highest BCUT2D eigenvalue weighted by molar-refractivity contribution is 5.89. The predicted octanol–water partition coefficient (Wildman–Crippen LogP) is 2.97. The summed E-state index contributed by atoms with van der Waals surface area (Å²) in [5.41, 5.74) is -0.656. The zero-order valence-corrected chi connectivity index (χ0v) is 11.5. The lowest BCUT2D eigenvalue weighted by Crippen LogP contribution is -2.33. The number of benzene rings is 1. The molecule has 1 aromatic rings. The second-order valence-electron chi connectivity index (χ2n) is 5.04. The molecule has 1 aromatic carbocycles. The number of urea groups is 1. The van der Waals surface area contributed by atoms with Crippen LogP contribution in [-0.4, -0.2) is 25.2 Å². The molecular formula is C14H18F3N3O. The highest BCUT2D eigenvalue weighted by Crippen LogP contribution is 2.30. The molecule has 0 bridgehead atoms. The molecule has 0 unspecified atom stereocenters. The summed E-state index contributed by atoms with van der Waals surface area (Å²) >= 11 is 0. The molecule has 21 heavy (non-hydrogen) atoms. The molecule has 1 saturated heterocycles. The third-order valence-electron chi connectivity index (χ3n) is 3.39. The van der Waals surface area contributed by atoms with Crippen LogP contribution in [0.15, 0.2) is 24.3 Å². The monoisotopic (exact) mass is 301 g/mol. The Morgan fingerprint density at radius 2 is 2.19 bits per heavy atom. The van der Waals surface area contributed by atoms with Crippen LogP contribution in [0.2, 0.25) is 0 Å². The second-order valence-corrected chi connectivity index (χ2v) is 5.04. The fraction of sp³-hybridized carbons (Fsp3) is 0.500. The third kappa shape index (κ3) is 4.93. The van der Waals surface area contributed by atoms with Crippen molar-refractivity contribution >= 4 is 11.7 Å². The molecule has 1 aliphatic heterocycles. The van der Waals surface area contributed by atoms with Crippen LogP contribution in [0.1, 0.15) is 24.8 Å². The van der Waals surface area contributed by atoms with Crippen LogP contribution in [0.3, 0.4) is 0 Å². The van der Waals surface area contributed by atoms with E-state index in [1.165, 1.54) is 12.1 Å². The fourth-order valence-electron chi connectivity index (χ4n) is 2.31.